The maximum atomic E-state index is 12.1. The van der Waals surface area contributed by atoms with Gasteiger partial charge in [-0.15, -0.1) is 0 Å². The molecule has 1 fully saturated rings. The molecule has 8 heteroatoms. The van der Waals surface area contributed by atoms with Crippen LogP contribution in [0, 0.1) is 0 Å². The second-order valence-corrected chi connectivity index (χ2v) is 5.32. The van der Waals surface area contributed by atoms with E-state index in [2.05, 4.69) is 0 Å². The Labute approximate surface area is 130 Å². The van der Waals surface area contributed by atoms with Gasteiger partial charge in [-0.2, -0.15) is 0 Å². The summed E-state index contributed by atoms with van der Waals surface area (Å²) in [6.45, 7) is -1.20. The summed E-state index contributed by atoms with van der Waals surface area (Å²) in [6, 6.07) is 8.97. The summed E-state index contributed by atoms with van der Waals surface area (Å²) in [5, 5.41) is 11.7. The van der Waals surface area contributed by atoms with E-state index in [1.807, 2.05) is 11.4 Å². The van der Waals surface area contributed by atoms with Gasteiger partial charge >= 0.3 is 0 Å². The Hall–Kier alpha value is -2.61. The van der Waals surface area contributed by atoms with Crippen molar-refractivity contribution in [3.8, 4) is 0 Å². The van der Waals surface area contributed by atoms with E-state index < -0.39 is 36.1 Å². The molecule has 1 N–H and O–H groups in total. The summed E-state index contributed by atoms with van der Waals surface area (Å²) in [6.07, 6.45) is 1.56. The molecule has 0 bridgehead atoms. The van der Waals surface area contributed by atoms with Crippen LogP contribution in [0.15, 0.2) is 35.2 Å². The van der Waals surface area contributed by atoms with Crippen LogP contribution < -0.4 is 10.4 Å². The predicted molar refractivity (Wildman–Crippen MR) is 77.1 cm³/mol. The van der Waals surface area contributed by atoms with Crippen molar-refractivity contribution in [2.75, 3.05) is 13.1 Å². The van der Waals surface area contributed by atoms with Gasteiger partial charge in [0.1, 0.15) is 6.54 Å². The molecule has 1 saturated heterocycles. The number of carbonyl (C=O) groups excluding carboxylic acids is 4. The van der Waals surface area contributed by atoms with Gasteiger partial charge in [0, 0.05) is 0 Å². The largest absolute Gasteiger partial charge is 0.548 e. The van der Waals surface area contributed by atoms with Crippen molar-refractivity contribution in [2.24, 2.45) is 0 Å². The minimum atomic E-state index is -1.45. The van der Waals surface area contributed by atoms with Gasteiger partial charge in [0.05, 0.1) is 17.4 Å². The van der Waals surface area contributed by atoms with Crippen molar-refractivity contribution >= 4 is 40.9 Å². The number of benzene rings is 1. The fourth-order valence-electron chi connectivity index (χ4n) is 1.71. The van der Waals surface area contributed by atoms with Crippen LogP contribution in [0.5, 0.6) is 0 Å². The highest BCUT2D eigenvalue weighted by atomic mass is 32.2. The first-order valence-corrected chi connectivity index (χ1v) is 7.06. The number of aliphatic carboxylic acids is 1. The lowest BCUT2D eigenvalue weighted by Crippen LogP contribution is -2.43. The molecule has 3 amide bonds. The smallest absolute Gasteiger partial charge is 0.294 e. The lowest BCUT2D eigenvalue weighted by atomic mass is 10.2. The number of imide groups is 1. The summed E-state index contributed by atoms with van der Waals surface area (Å²) in [5.74, 6) is -2.78. The van der Waals surface area contributed by atoms with Crippen molar-refractivity contribution < 1.29 is 24.3 Å². The molecule has 0 spiro atoms. The number of carboxylic acids is 1. The number of carboxylic acid groups (broad SMARTS) is 1. The van der Waals surface area contributed by atoms with Crippen LogP contribution >= 0.6 is 11.8 Å². The Morgan fingerprint density at radius 3 is 2.55 bits per heavy atom. The van der Waals surface area contributed by atoms with E-state index in [9.17, 15) is 24.3 Å². The van der Waals surface area contributed by atoms with E-state index in [0.717, 1.165) is 22.2 Å². The Bertz CT molecular complexity index is 656. The number of amides is 3. The Morgan fingerprint density at radius 1 is 1.23 bits per heavy atom. The number of hydrogen-bond acceptors (Lipinski definition) is 6. The summed E-state index contributed by atoms with van der Waals surface area (Å²) in [5.41, 5.74) is 0.759. The van der Waals surface area contributed by atoms with E-state index in [4.69, 9.17) is 0 Å². The molecular weight excluding hydrogens is 308 g/mol. The van der Waals surface area contributed by atoms with Crippen LogP contribution in [0.4, 0.5) is 4.79 Å². The second-order valence-electron chi connectivity index (χ2n) is 4.33. The number of nitrogens with zero attached hydrogens (tertiary/aromatic N) is 1. The van der Waals surface area contributed by atoms with Gasteiger partial charge in [-0.1, -0.05) is 30.3 Å². The number of rotatable bonds is 5. The molecule has 1 aliphatic heterocycles. The number of carbonyl (C=O) groups is 4. The van der Waals surface area contributed by atoms with Gasteiger partial charge in [-0.25, -0.2) is 0 Å². The SMILES string of the molecule is O=C([O-])CNC(=O)CN1C(=O)S/C(=C/c2ccccc2)C1=O. The molecule has 22 heavy (non-hydrogen) atoms. The van der Waals surface area contributed by atoms with E-state index in [1.54, 1.807) is 30.3 Å². The van der Waals surface area contributed by atoms with Crippen LogP contribution in [0.25, 0.3) is 6.08 Å². The third kappa shape index (κ3) is 3.95. The fourth-order valence-corrected chi connectivity index (χ4v) is 2.55. The molecule has 1 aromatic rings. The maximum absolute atomic E-state index is 12.1. The van der Waals surface area contributed by atoms with Gasteiger partial charge in [0.25, 0.3) is 11.1 Å². The first-order chi connectivity index (χ1) is 10.5. The molecule has 0 atom stereocenters. The van der Waals surface area contributed by atoms with E-state index >= 15 is 0 Å². The van der Waals surface area contributed by atoms with Crippen LogP contribution in [-0.2, 0) is 14.4 Å². The third-order valence-electron chi connectivity index (χ3n) is 2.70. The Kier molecular flexibility index (Phi) is 4.95. The van der Waals surface area contributed by atoms with Crippen molar-refractivity contribution in [1.82, 2.24) is 10.2 Å². The first kappa shape index (κ1) is 15.8. The lowest BCUT2D eigenvalue weighted by Gasteiger charge is -2.12. The molecule has 0 saturated carbocycles. The zero-order chi connectivity index (χ0) is 16.1. The minimum absolute atomic E-state index is 0.212. The highest BCUT2D eigenvalue weighted by molar-refractivity contribution is 8.18. The summed E-state index contributed by atoms with van der Waals surface area (Å²) in [7, 11) is 0. The molecule has 114 valence electrons. The molecule has 0 radical (unpaired) electrons. The fraction of sp³-hybridized carbons (Fsp3) is 0.143. The molecular formula is C14H11N2O5S-. The van der Waals surface area contributed by atoms with Crippen LogP contribution in [0.3, 0.4) is 0 Å². The van der Waals surface area contributed by atoms with Gasteiger partial charge < -0.3 is 15.2 Å². The summed E-state index contributed by atoms with van der Waals surface area (Å²) in [4.78, 5) is 46.6. The lowest BCUT2D eigenvalue weighted by molar-refractivity contribution is -0.304. The molecule has 2 rings (SSSR count). The molecule has 0 aliphatic carbocycles. The topological polar surface area (TPSA) is 107 Å². The van der Waals surface area contributed by atoms with Crippen LogP contribution in [0.1, 0.15) is 5.56 Å². The van der Waals surface area contributed by atoms with Crippen molar-refractivity contribution in [1.29, 1.82) is 0 Å². The Morgan fingerprint density at radius 2 is 1.91 bits per heavy atom. The predicted octanol–water partition coefficient (Wildman–Crippen LogP) is -0.411. The van der Waals surface area contributed by atoms with Crippen LogP contribution in [0.2, 0.25) is 0 Å². The highest BCUT2D eigenvalue weighted by Gasteiger charge is 2.36. The van der Waals surface area contributed by atoms with Gasteiger partial charge in [0.2, 0.25) is 5.91 Å². The average molecular weight is 319 g/mol. The van der Waals surface area contributed by atoms with E-state index in [1.165, 1.54) is 0 Å². The van der Waals surface area contributed by atoms with E-state index in [0.29, 0.717) is 0 Å². The number of hydrogen-bond donors (Lipinski definition) is 1. The first-order valence-electron chi connectivity index (χ1n) is 6.24. The monoisotopic (exact) mass is 319 g/mol. The molecule has 0 unspecified atom stereocenters. The molecule has 1 aliphatic rings. The average Bonchev–Trinajstić information content (AvgIpc) is 2.74. The second kappa shape index (κ2) is 6.90. The number of nitrogens with one attached hydrogen (secondary N) is 1. The molecule has 7 nitrogen and oxygen atoms in total. The molecule has 1 heterocycles. The van der Waals surface area contributed by atoms with Gasteiger partial charge in [0.15, 0.2) is 0 Å². The summed E-state index contributed by atoms with van der Waals surface area (Å²) < 4.78 is 0. The number of thioether (sulfide) groups is 1. The molecule has 0 aromatic heterocycles. The standard InChI is InChI=1S/C14H12N2O5S/c17-11(15-7-12(18)19)8-16-13(20)10(22-14(16)21)6-9-4-2-1-3-5-9/h1-6H,7-8H2,(H,15,17)(H,18,19)/p-1/b10-6+. The quantitative estimate of drug-likeness (QED) is 0.739. The third-order valence-corrected chi connectivity index (χ3v) is 3.61. The highest BCUT2D eigenvalue weighted by Crippen LogP contribution is 2.31. The normalized spacial score (nSPS) is 16.2. The van der Waals surface area contributed by atoms with Crippen molar-refractivity contribution in [3.63, 3.8) is 0 Å². The Balaban J connectivity index is 2.04. The summed E-state index contributed by atoms with van der Waals surface area (Å²) >= 11 is 0.733. The van der Waals surface area contributed by atoms with Crippen LogP contribution in [-0.4, -0.2) is 41.0 Å². The minimum Gasteiger partial charge on any atom is -0.548 e. The molecule has 1 aromatic carbocycles. The zero-order valence-corrected chi connectivity index (χ0v) is 12.1. The zero-order valence-electron chi connectivity index (χ0n) is 11.3. The van der Waals surface area contributed by atoms with Gasteiger partial charge in [-0.3, -0.25) is 19.3 Å². The van der Waals surface area contributed by atoms with E-state index in [-0.39, 0.29) is 4.91 Å². The van der Waals surface area contributed by atoms with Crippen molar-refractivity contribution in [3.05, 3.63) is 40.8 Å². The maximum Gasteiger partial charge on any atom is 0.294 e. The van der Waals surface area contributed by atoms with Gasteiger partial charge in [-0.05, 0) is 23.4 Å². The van der Waals surface area contributed by atoms with Crippen molar-refractivity contribution in [2.45, 2.75) is 0 Å².